The maximum atomic E-state index is 14.3. The standard InChI is InChI=1S/C52H57N7O5Si/c1-36(2)47(60)55-49-54-46-45(48(56-49)64-50(61)59(40-29-19-11-20-30-40)41-31-21-12-22-32-41)53-35-58(46)44-33-42(43(63-44)34-62-65(6,7)51(3,4)5)57-52(37-23-13-8-14-24-37,38-25-15-9-16-26-38)39-27-17-10-18-28-39/h8-32,35-36,42-44,57H,33-34H2,1-7H3,(H,54,55,56,60)/t42-,43+,44+/m0/s1. The van der Waals surface area contributed by atoms with Crippen molar-refractivity contribution in [1.29, 1.82) is 0 Å². The molecule has 2 N–H and O–H groups in total. The summed E-state index contributed by atoms with van der Waals surface area (Å²) in [6.07, 6.45) is 0.360. The van der Waals surface area contributed by atoms with Crippen LogP contribution in [-0.2, 0) is 19.5 Å². The van der Waals surface area contributed by atoms with Crippen molar-refractivity contribution in [3.8, 4) is 5.88 Å². The van der Waals surface area contributed by atoms with Gasteiger partial charge in [-0.3, -0.25) is 20.0 Å². The summed E-state index contributed by atoms with van der Waals surface area (Å²) in [5.41, 5.74) is 4.16. The summed E-state index contributed by atoms with van der Waals surface area (Å²) in [6, 6.07) is 49.6. The van der Waals surface area contributed by atoms with Gasteiger partial charge >= 0.3 is 6.09 Å². The highest BCUT2D eigenvalue weighted by Crippen LogP contribution is 2.43. The predicted octanol–water partition coefficient (Wildman–Crippen LogP) is 11.0. The molecule has 13 heteroatoms. The number of rotatable bonds is 14. The number of carbonyl (C=O) groups is 2. The normalized spacial score (nSPS) is 16.7. The number of amides is 2. The number of anilines is 3. The minimum Gasteiger partial charge on any atom is -0.414 e. The van der Waals surface area contributed by atoms with Crippen LogP contribution in [0, 0.1) is 5.92 Å². The van der Waals surface area contributed by atoms with Crippen LogP contribution in [0.4, 0.5) is 22.1 Å². The number of benzene rings is 5. The number of nitrogens with one attached hydrogen (secondary N) is 2. The molecule has 65 heavy (non-hydrogen) atoms. The Balaban J connectivity index is 1.22. The molecule has 0 unspecified atom stereocenters. The van der Waals surface area contributed by atoms with Gasteiger partial charge in [-0.1, -0.05) is 162 Å². The summed E-state index contributed by atoms with van der Waals surface area (Å²) in [4.78, 5) is 43.1. The fourth-order valence-electron chi connectivity index (χ4n) is 7.93. The SMILES string of the molecule is CC(C)C(=O)Nc1nc(OC(=O)N(c2ccccc2)c2ccccc2)c2ncn([C@H]3C[C@H](NC(c4ccccc4)(c4ccccc4)c4ccccc4)[C@@H](CO[Si](C)(C)C(C)(C)C)O3)c2n1. The lowest BCUT2D eigenvalue weighted by Crippen LogP contribution is -2.54. The molecule has 2 aromatic heterocycles. The van der Waals surface area contributed by atoms with Crippen LogP contribution >= 0.6 is 0 Å². The van der Waals surface area contributed by atoms with E-state index in [1.54, 1.807) is 20.2 Å². The van der Waals surface area contributed by atoms with E-state index in [-0.39, 0.29) is 40.3 Å². The van der Waals surface area contributed by atoms with Crippen LogP contribution in [0.15, 0.2) is 158 Å². The Labute approximate surface area is 382 Å². The number of hydrogen-bond donors (Lipinski definition) is 2. The van der Waals surface area contributed by atoms with Gasteiger partial charge in [0.1, 0.15) is 6.23 Å². The molecule has 2 amide bonds. The van der Waals surface area contributed by atoms with E-state index in [1.165, 1.54) is 4.90 Å². The minimum atomic E-state index is -2.24. The number of hydrogen-bond acceptors (Lipinski definition) is 9. The summed E-state index contributed by atoms with van der Waals surface area (Å²) < 4.78 is 22.1. The third-order valence-electron chi connectivity index (χ3n) is 12.5. The zero-order valence-corrected chi connectivity index (χ0v) is 39.0. The zero-order chi connectivity index (χ0) is 45.8. The van der Waals surface area contributed by atoms with Crippen LogP contribution in [0.3, 0.4) is 0 Å². The molecule has 12 nitrogen and oxygen atoms in total. The third kappa shape index (κ3) is 9.50. The fraction of sp³-hybridized carbons (Fsp3) is 0.288. The topological polar surface area (TPSA) is 133 Å². The Morgan fingerprint density at radius 2 is 1.26 bits per heavy atom. The Morgan fingerprint density at radius 1 is 0.769 bits per heavy atom. The quantitative estimate of drug-likeness (QED) is 0.0809. The monoisotopic (exact) mass is 887 g/mol. The largest absolute Gasteiger partial charge is 0.425 e. The van der Waals surface area contributed by atoms with Gasteiger partial charge in [0.15, 0.2) is 19.5 Å². The molecular formula is C52H57N7O5Si. The van der Waals surface area contributed by atoms with Crippen molar-refractivity contribution in [2.45, 2.75) is 83.1 Å². The molecule has 5 aromatic carbocycles. The molecule has 0 saturated carbocycles. The number of carbonyl (C=O) groups excluding carboxylic acids is 2. The van der Waals surface area contributed by atoms with E-state index in [2.05, 4.69) is 122 Å². The molecule has 8 rings (SSSR count). The third-order valence-corrected chi connectivity index (χ3v) is 17.0. The highest BCUT2D eigenvalue weighted by Gasteiger charge is 2.46. The average Bonchev–Trinajstić information content (AvgIpc) is 3.92. The molecule has 0 aliphatic carbocycles. The summed E-state index contributed by atoms with van der Waals surface area (Å²) in [5.74, 6) is -0.821. The lowest BCUT2D eigenvalue weighted by molar-refractivity contribution is -0.118. The number of fused-ring (bicyclic) bond motifs is 1. The van der Waals surface area contributed by atoms with Crippen LogP contribution in [0.5, 0.6) is 5.88 Å². The van der Waals surface area contributed by atoms with Gasteiger partial charge in [0.25, 0.3) is 5.88 Å². The van der Waals surface area contributed by atoms with Crippen molar-refractivity contribution >= 4 is 48.8 Å². The lowest BCUT2D eigenvalue weighted by Gasteiger charge is -2.41. The lowest BCUT2D eigenvalue weighted by atomic mass is 9.76. The van der Waals surface area contributed by atoms with Crippen molar-refractivity contribution in [3.63, 3.8) is 0 Å². The van der Waals surface area contributed by atoms with Crippen LogP contribution in [-0.4, -0.2) is 58.6 Å². The molecule has 0 bridgehead atoms. The van der Waals surface area contributed by atoms with E-state index in [4.69, 9.17) is 23.9 Å². The fourth-order valence-corrected chi connectivity index (χ4v) is 8.95. The first-order valence-electron chi connectivity index (χ1n) is 22.2. The number of nitrogens with zero attached hydrogens (tertiary/aromatic N) is 5. The predicted molar refractivity (Wildman–Crippen MR) is 258 cm³/mol. The van der Waals surface area contributed by atoms with Crippen molar-refractivity contribution in [1.82, 2.24) is 24.8 Å². The maximum Gasteiger partial charge on any atom is 0.425 e. The maximum absolute atomic E-state index is 14.3. The first-order valence-corrected chi connectivity index (χ1v) is 25.1. The number of para-hydroxylation sites is 2. The summed E-state index contributed by atoms with van der Waals surface area (Å²) in [7, 11) is -2.24. The van der Waals surface area contributed by atoms with Gasteiger partial charge in [-0.25, -0.2) is 14.7 Å². The van der Waals surface area contributed by atoms with Gasteiger partial charge in [-0.15, -0.1) is 0 Å². The number of ether oxygens (including phenoxy) is 2. The highest BCUT2D eigenvalue weighted by molar-refractivity contribution is 6.74. The van der Waals surface area contributed by atoms with E-state index in [1.807, 2.05) is 83.4 Å². The van der Waals surface area contributed by atoms with E-state index < -0.39 is 32.3 Å². The molecule has 3 heterocycles. The van der Waals surface area contributed by atoms with Crippen LogP contribution in [0.2, 0.25) is 18.1 Å². The summed E-state index contributed by atoms with van der Waals surface area (Å²) in [5, 5.41) is 6.98. The van der Waals surface area contributed by atoms with Crippen LogP contribution in [0.25, 0.3) is 11.2 Å². The molecular weight excluding hydrogens is 831 g/mol. The second-order valence-corrected chi connectivity index (χ2v) is 23.0. The minimum absolute atomic E-state index is 0.0332. The highest BCUT2D eigenvalue weighted by atomic mass is 28.4. The molecule has 0 radical (unpaired) electrons. The van der Waals surface area contributed by atoms with Crippen molar-refractivity contribution < 1.29 is 23.5 Å². The molecule has 7 aromatic rings. The number of aromatic nitrogens is 4. The second kappa shape index (κ2) is 18.9. The van der Waals surface area contributed by atoms with E-state index >= 15 is 0 Å². The van der Waals surface area contributed by atoms with Gasteiger partial charge in [-0.05, 0) is 59.1 Å². The summed E-state index contributed by atoms with van der Waals surface area (Å²) in [6.45, 7) is 15.1. The smallest absolute Gasteiger partial charge is 0.414 e. The molecule has 0 spiro atoms. The van der Waals surface area contributed by atoms with Gasteiger partial charge in [0.2, 0.25) is 11.9 Å². The molecule has 1 aliphatic heterocycles. The number of imidazole rings is 1. The van der Waals surface area contributed by atoms with Crippen LogP contribution < -0.4 is 20.3 Å². The van der Waals surface area contributed by atoms with E-state index in [9.17, 15) is 9.59 Å². The Bertz CT molecular complexity index is 2560. The van der Waals surface area contributed by atoms with Crippen molar-refractivity contribution in [2.75, 3.05) is 16.8 Å². The van der Waals surface area contributed by atoms with Gasteiger partial charge < -0.3 is 13.9 Å². The van der Waals surface area contributed by atoms with E-state index in [0.717, 1.165) is 16.7 Å². The Morgan fingerprint density at radius 3 is 1.74 bits per heavy atom. The van der Waals surface area contributed by atoms with Gasteiger partial charge in [-0.2, -0.15) is 9.97 Å². The molecule has 334 valence electrons. The molecule has 1 aliphatic rings. The van der Waals surface area contributed by atoms with Crippen molar-refractivity contribution in [3.05, 3.63) is 175 Å². The van der Waals surface area contributed by atoms with Crippen LogP contribution in [0.1, 0.15) is 64.0 Å². The molecule has 1 fully saturated rings. The summed E-state index contributed by atoms with van der Waals surface area (Å²) >= 11 is 0. The first-order chi connectivity index (χ1) is 31.2. The van der Waals surface area contributed by atoms with E-state index in [0.29, 0.717) is 30.0 Å². The second-order valence-electron chi connectivity index (χ2n) is 18.2. The van der Waals surface area contributed by atoms with Gasteiger partial charge in [0, 0.05) is 18.4 Å². The van der Waals surface area contributed by atoms with Crippen molar-refractivity contribution in [2.24, 2.45) is 5.92 Å². The molecule has 3 atom stereocenters. The first kappa shape index (κ1) is 45.1. The Hall–Kier alpha value is -6.51. The Kier molecular flexibility index (Phi) is 13.1. The van der Waals surface area contributed by atoms with Gasteiger partial charge in [0.05, 0.1) is 36.0 Å². The average molecular weight is 888 g/mol. The molecule has 1 saturated heterocycles. The zero-order valence-electron chi connectivity index (χ0n) is 38.0.